The molecule has 11 nitrogen and oxygen atoms in total. The summed E-state index contributed by atoms with van der Waals surface area (Å²) in [5.74, 6) is -0.917. The minimum atomic E-state index is -4.60. The molecule has 0 heterocycles. The highest BCUT2D eigenvalue weighted by atomic mass is 35.5. The Morgan fingerprint density at radius 3 is 2.34 bits per heavy atom. The second kappa shape index (κ2) is 15.0. The monoisotopic (exact) mass is 644 g/mol. The number of hydrogen-bond donors (Lipinski definition) is 1. The standard InChI is InChI=1S/C31H37ClN4O7S/c1-6-26(31(38)33-21(2)3)34(17-16-23-10-8-7-9-11-23)30(37)20-35(28-18-24(32)13-15-29(28)43-5)44(41,42)25-14-12-22(4)27(19-25)36(39)40/h7-15,18-19,21,26H,6,16-17,20H2,1-5H3,(H,33,38)/t26-/m1/s1. The Kier molecular flexibility index (Phi) is 11.7. The zero-order valence-corrected chi connectivity index (χ0v) is 26.9. The Balaban J connectivity index is 2.14. The smallest absolute Gasteiger partial charge is 0.273 e. The molecule has 44 heavy (non-hydrogen) atoms. The normalized spacial score (nSPS) is 12.0. The van der Waals surface area contributed by atoms with Gasteiger partial charge in [0.1, 0.15) is 18.3 Å². The summed E-state index contributed by atoms with van der Waals surface area (Å²) in [4.78, 5) is 39.4. The van der Waals surface area contributed by atoms with Crippen molar-refractivity contribution in [3.05, 3.63) is 93.0 Å². The largest absolute Gasteiger partial charge is 0.495 e. The summed E-state index contributed by atoms with van der Waals surface area (Å²) >= 11 is 6.27. The first-order chi connectivity index (χ1) is 20.8. The quantitative estimate of drug-likeness (QED) is 0.189. The fourth-order valence-corrected chi connectivity index (χ4v) is 6.32. The molecule has 236 valence electrons. The minimum absolute atomic E-state index is 0.0423. The third-order valence-electron chi connectivity index (χ3n) is 6.95. The second-order valence-corrected chi connectivity index (χ2v) is 12.7. The molecule has 0 spiro atoms. The maximum atomic E-state index is 14.2. The maximum absolute atomic E-state index is 14.2. The number of nitro groups is 1. The van der Waals surface area contributed by atoms with Gasteiger partial charge in [-0.3, -0.25) is 24.0 Å². The molecule has 0 unspecified atom stereocenters. The summed E-state index contributed by atoms with van der Waals surface area (Å²) in [7, 11) is -3.26. The van der Waals surface area contributed by atoms with Crippen molar-refractivity contribution in [2.45, 2.75) is 57.5 Å². The highest BCUT2D eigenvalue weighted by molar-refractivity contribution is 7.92. The van der Waals surface area contributed by atoms with Crippen LogP contribution >= 0.6 is 11.6 Å². The number of benzene rings is 3. The molecule has 3 aromatic carbocycles. The summed E-state index contributed by atoms with van der Waals surface area (Å²) in [6, 6.07) is 16.1. The van der Waals surface area contributed by atoms with Crippen molar-refractivity contribution in [1.29, 1.82) is 0 Å². The van der Waals surface area contributed by atoms with Gasteiger partial charge in [-0.05, 0) is 63.4 Å². The SMILES string of the molecule is CC[C@H](C(=O)NC(C)C)N(CCc1ccccc1)C(=O)CN(c1cc(Cl)ccc1OC)S(=O)(=O)c1ccc(C)c([N+](=O)[O-])c1. The van der Waals surface area contributed by atoms with Gasteiger partial charge in [0.2, 0.25) is 11.8 Å². The lowest BCUT2D eigenvalue weighted by Crippen LogP contribution is -2.54. The van der Waals surface area contributed by atoms with Crippen molar-refractivity contribution in [3.8, 4) is 5.75 Å². The van der Waals surface area contributed by atoms with Gasteiger partial charge < -0.3 is 15.0 Å². The van der Waals surface area contributed by atoms with Gasteiger partial charge in [0.15, 0.2) is 0 Å². The summed E-state index contributed by atoms with van der Waals surface area (Å²) in [5.41, 5.74) is 0.763. The van der Waals surface area contributed by atoms with Crippen LogP contribution in [-0.4, -0.2) is 62.3 Å². The van der Waals surface area contributed by atoms with Gasteiger partial charge in [-0.2, -0.15) is 0 Å². The first-order valence-electron chi connectivity index (χ1n) is 14.0. The molecule has 0 fully saturated rings. The van der Waals surface area contributed by atoms with Gasteiger partial charge >= 0.3 is 0 Å². The predicted molar refractivity (Wildman–Crippen MR) is 170 cm³/mol. The molecule has 1 N–H and O–H groups in total. The molecule has 13 heteroatoms. The van der Waals surface area contributed by atoms with E-state index < -0.39 is 44.0 Å². The average Bonchev–Trinajstić information content (AvgIpc) is 2.97. The van der Waals surface area contributed by atoms with E-state index in [9.17, 15) is 28.1 Å². The van der Waals surface area contributed by atoms with Gasteiger partial charge in [0.25, 0.3) is 15.7 Å². The first kappa shape index (κ1) is 34.3. The van der Waals surface area contributed by atoms with Gasteiger partial charge in [-0.1, -0.05) is 54.9 Å². The van der Waals surface area contributed by atoms with E-state index in [2.05, 4.69) is 5.32 Å². The Labute approximate surface area is 263 Å². The van der Waals surface area contributed by atoms with Gasteiger partial charge in [0.05, 0.1) is 22.6 Å². The number of methoxy groups -OCH3 is 1. The molecular formula is C31H37ClN4O7S. The lowest BCUT2D eigenvalue weighted by molar-refractivity contribution is -0.385. The maximum Gasteiger partial charge on any atom is 0.273 e. The number of halogens is 1. The van der Waals surface area contributed by atoms with Crippen LogP contribution in [0.1, 0.15) is 38.3 Å². The van der Waals surface area contributed by atoms with Gasteiger partial charge in [-0.15, -0.1) is 0 Å². The van der Waals surface area contributed by atoms with E-state index in [0.717, 1.165) is 15.9 Å². The molecule has 0 aliphatic rings. The summed E-state index contributed by atoms with van der Waals surface area (Å²) in [6.07, 6.45) is 0.686. The van der Waals surface area contributed by atoms with Crippen molar-refractivity contribution in [3.63, 3.8) is 0 Å². The Hall–Kier alpha value is -4.16. The summed E-state index contributed by atoms with van der Waals surface area (Å²) in [6.45, 7) is 6.27. The lowest BCUT2D eigenvalue weighted by Gasteiger charge is -2.34. The van der Waals surface area contributed by atoms with Crippen LogP contribution in [0.5, 0.6) is 5.75 Å². The fourth-order valence-electron chi connectivity index (χ4n) is 4.72. The molecule has 1 atom stereocenters. The van der Waals surface area contributed by atoms with Crippen LogP contribution in [0.4, 0.5) is 11.4 Å². The zero-order chi connectivity index (χ0) is 32.6. The molecule has 0 radical (unpaired) electrons. The molecule has 0 saturated heterocycles. The minimum Gasteiger partial charge on any atom is -0.495 e. The number of aryl methyl sites for hydroxylation is 1. The molecule has 0 aliphatic carbocycles. The Morgan fingerprint density at radius 1 is 1.07 bits per heavy atom. The van der Waals surface area contributed by atoms with E-state index in [1.165, 1.54) is 49.3 Å². The third-order valence-corrected chi connectivity index (χ3v) is 8.95. The van der Waals surface area contributed by atoms with Gasteiger partial charge in [0, 0.05) is 29.2 Å². The second-order valence-electron chi connectivity index (χ2n) is 10.4. The molecule has 3 rings (SSSR count). The summed E-state index contributed by atoms with van der Waals surface area (Å²) in [5, 5.41) is 14.7. The average molecular weight is 645 g/mol. The van der Waals surface area contributed by atoms with Crippen molar-refractivity contribution in [1.82, 2.24) is 10.2 Å². The van der Waals surface area contributed by atoms with Crippen molar-refractivity contribution in [2.24, 2.45) is 0 Å². The Bertz CT molecular complexity index is 1600. The van der Waals surface area contributed by atoms with Crippen molar-refractivity contribution >= 4 is 44.8 Å². The molecule has 3 aromatic rings. The number of anilines is 1. The summed E-state index contributed by atoms with van der Waals surface area (Å²) < 4.78 is 34.7. The van der Waals surface area contributed by atoms with E-state index >= 15 is 0 Å². The number of rotatable bonds is 14. The fraction of sp³-hybridized carbons (Fsp3) is 0.355. The third kappa shape index (κ3) is 8.26. The molecule has 0 saturated carbocycles. The van der Waals surface area contributed by atoms with E-state index in [1.54, 1.807) is 20.8 Å². The van der Waals surface area contributed by atoms with Crippen LogP contribution in [-0.2, 0) is 26.0 Å². The molecule has 0 bridgehead atoms. The van der Waals surface area contributed by atoms with Crippen molar-refractivity contribution < 1.29 is 27.7 Å². The van der Waals surface area contributed by atoms with Gasteiger partial charge in [-0.25, -0.2) is 8.42 Å². The van der Waals surface area contributed by atoms with Crippen LogP contribution in [0.2, 0.25) is 5.02 Å². The molecular weight excluding hydrogens is 608 g/mol. The van der Waals surface area contributed by atoms with Crippen LogP contribution in [0.25, 0.3) is 0 Å². The number of sulfonamides is 1. The Morgan fingerprint density at radius 2 is 1.75 bits per heavy atom. The number of carbonyl (C=O) groups excluding carboxylic acids is 2. The number of ether oxygens (including phenoxy) is 1. The van der Waals surface area contributed by atoms with Crippen LogP contribution in [0.3, 0.4) is 0 Å². The molecule has 0 aliphatic heterocycles. The number of hydrogen-bond acceptors (Lipinski definition) is 7. The number of carbonyl (C=O) groups is 2. The highest BCUT2D eigenvalue weighted by Gasteiger charge is 2.35. The topological polar surface area (TPSA) is 139 Å². The van der Waals surface area contributed by atoms with Crippen LogP contribution in [0, 0.1) is 17.0 Å². The molecule has 2 amide bonds. The predicted octanol–water partition coefficient (Wildman–Crippen LogP) is 5.14. The van der Waals surface area contributed by atoms with E-state index in [4.69, 9.17) is 16.3 Å². The number of amides is 2. The molecule has 0 aromatic heterocycles. The number of nitro benzene ring substituents is 1. The van der Waals surface area contributed by atoms with E-state index in [-0.39, 0.29) is 46.9 Å². The van der Waals surface area contributed by atoms with Crippen LogP contribution in [0.15, 0.2) is 71.6 Å². The zero-order valence-electron chi connectivity index (χ0n) is 25.3. The number of nitrogens with one attached hydrogen (secondary N) is 1. The van der Waals surface area contributed by atoms with Crippen molar-refractivity contribution in [2.75, 3.05) is 24.5 Å². The van der Waals surface area contributed by atoms with E-state index in [1.807, 2.05) is 30.3 Å². The number of nitrogens with zero attached hydrogens (tertiary/aromatic N) is 3. The first-order valence-corrected chi connectivity index (χ1v) is 15.9. The van der Waals surface area contributed by atoms with E-state index in [0.29, 0.717) is 6.42 Å². The highest BCUT2D eigenvalue weighted by Crippen LogP contribution is 2.36. The lowest BCUT2D eigenvalue weighted by atomic mass is 10.1. The van der Waals surface area contributed by atoms with Crippen LogP contribution < -0.4 is 14.4 Å².